The van der Waals surface area contributed by atoms with Crippen molar-refractivity contribution in [2.45, 2.75) is 19.0 Å². The SMILES string of the molecule is CNCCCC(=O)Nc1cc(Br)cc(C(F)(F)F)c1.Cl. The second-order valence-electron chi connectivity index (χ2n) is 3.98. The molecule has 0 fully saturated rings. The van der Waals surface area contributed by atoms with Crippen LogP contribution in [0.5, 0.6) is 0 Å². The van der Waals surface area contributed by atoms with Crippen molar-refractivity contribution in [3.05, 3.63) is 28.2 Å². The van der Waals surface area contributed by atoms with Gasteiger partial charge in [-0.1, -0.05) is 15.9 Å². The molecule has 0 spiro atoms. The van der Waals surface area contributed by atoms with Crippen LogP contribution in [0.3, 0.4) is 0 Å². The third-order valence-corrected chi connectivity index (χ3v) is 2.80. The Balaban J connectivity index is 0.00000361. The van der Waals surface area contributed by atoms with E-state index in [0.717, 1.165) is 12.1 Å². The van der Waals surface area contributed by atoms with Crippen molar-refractivity contribution in [1.82, 2.24) is 5.32 Å². The molecule has 0 saturated heterocycles. The first kappa shape index (κ1) is 19.2. The minimum Gasteiger partial charge on any atom is -0.326 e. The van der Waals surface area contributed by atoms with E-state index in [1.807, 2.05) is 0 Å². The fraction of sp³-hybridized carbons (Fsp3) is 0.417. The molecule has 0 atom stereocenters. The first-order valence-electron chi connectivity index (χ1n) is 5.65. The van der Waals surface area contributed by atoms with Crippen LogP contribution in [0.4, 0.5) is 18.9 Å². The lowest BCUT2D eigenvalue weighted by molar-refractivity contribution is -0.137. The molecule has 0 aliphatic heterocycles. The summed E-state index contributed by atoms with van der Waals surface area (Å²) in [6.07, 6.45) is -3.55. The van der Waals surface area contributed by atoms with Crippen molar-refractivity contribution >= 4 is 39.9 Å². The van der Waals surface area contributed by atoms with Gasteiger partial charge in [0.2, 0.25) is 5.91 Å². The lowest BCUT2D eigenvalue weighted by atomic mass is 10.2. The van der Waals surface area contributed by atoms with Crippen LogP contribution >= 0.6 is 28.3 Å². The van der Waals surface area contributed by atoms with Crippen molar-refractivity contribution in [3.8, 4) is 0 Å². The van der Waals surface area contributed by atoms with E-state index in [1.54, 1.807) is 7.05 Å². The Kier molecular flexibility index (Phi) is 8.15. The summed E-state index contributed by atoms with van der Waals surface area (Å²) in [5, 5.41) is 5.35. The lowest BCUT2D eigenvalue weighted by Gasteiger charge is -2.11. The predicted octanol–water partition coefficient (Wildman–Crippen LogP) is 3.83. The summed E-state index contributed by atoms with van der Waals surface area (Å²) < 4.78 is 38.0. The molecule has 1 aromatic carbocycles. The molecule has 1 rings (SSSR count). The van der Waals surface area contributed by atoms with Gasteiger partial charge in [-0.25, -0.2) is 0 Å². The molecule has 1 aromatic rings. The van der Waals surface area contributed by atoms with Crippen molar-refractivity contribution in [2.75, 3.05) is 18.9 Å². The number of nitrogens with one attached hydrogen (secondary N) is 2. The number of amides is 1. The molecule has 0 aromatic heterocycles. The second kappa shape index (κ2) is 8.49. The maximum Gasteiger partial charge on any atom is 0.416 e. The zero-order chi connectivity index (χ0) is 14.5. The van der Waals surface area contributed by atoms with Gasteiger partial charge >= 0.3 is 6.18 Å². The van der Waals surface area contributed by atoms with Gasteiger partial charge in [0, 0.05) is 16.6 Å². The normalized spacial score (nSPS) is 10.8. The van der Waals surface area contributed by atoms with E-state index in [2.05, 4.69) is 26.6 Å². The van der Waals surface area contributed by atoms with E-state index >= 15 is 0 Å². The van der Waals surface area contributed by atoms with Gasteiger partial charge in [-0.15, -0.1) is 12.4 Å². The van der Waals surface area contributed by atoms with E-state index in [1.165, 1.54) is 6.07 Å². The van der Waals surface area contributed by atoms with Gasteiger partial charge < -0.3 is 10.6 Å². The summed E-state index contributed by atoms with van der Waals surface area (Å²) in [6, 6.07) is 3.32. The number of hydrogen-bond acceptors (Lipinski definition) is 2. The fourth-order valence-electron chi connectivity index (χ4n) is 1.47. The van der Waals surface area contributed by atoms with Crippen LogP contribution in [0, 0.1) is 0 Å². The molecule has 0 bridgehead atoms. The quantitative estimate of drug-likeness (QED) is 0.768. The minimum absolute atomic E-state index is 0. The van der Waals surface area contributed by atoms with Gasteiger partial charge in [-0.3, -0.25) is 4.79 Å². The topological polar surface area (TPSA) is 41.1 Å². The van der Waals surface area contributed by atoms with Gasteiger partial charge in [-0.2, -0.15) is 13.2 Å². The minimum atomic E-state index is -4.44. The van der Waals surface area contributed by atoms with Crippen LogP contribution in [-0.2, 0) is 11.0 Å². The third kappa shape index (κ3) is 6.58. The molecule has 0 heterocycles. The standard InChI is InChI=1S/C12H14BrF3N2O.ClH/c1-17-4-2-3-11(19)18-10-6-8(12(14,15)16)5-9(13)7-10;/h5-7,17H,2-4H2,1H3,(H,18,19);1H. The Labute approximate surface area is 129 Å². The molecule has 3 nitrogen and oxygen atoms in total. The number of alkyl halides is 3. The predicted molar refractivity (Wildman–Crippen MR) is 78.2 cm³/mol. The largest absolute Gasteiger partial charge is 0.416 e. The van der Waals surface area contributed by atoms with Crippen LogP contribution in [0.15, 0.2) is 22.7 Å². The Hall–Kier alpha value is -0.790. The van der Waals surface area contributed by atoms with Gasteiger partial charge in [0.05, 0.1) is 5.56 Å². The number of anilines is 1. The molecule has 2 N–H and O–H groups in total. The monoisotopic (exact) mass is 374 g/mol. The summed E-state index contributed by atoms with van der Waals surface area (Å²) in [5.41, 5.74) is -0.663. The van der Waals surface area contributed by atoms with Crippen LogP contribution in [-0.4, -0.2) is 19.5 Å². The maximum atomic E-state index is 12.6. The molecule has 114 valence electrons. The van der Waals surface area contributed by atoms with Crippen molar-refractivity contribution in [2.24, 2.45) is 0 Å². The molecule has 8 heteroatoms. The fourth-order valence-corrected chi connectivity index (χ4v) is 1.97. The van der Waals surface area contributed by atoms with E-state index in [9.17, 15) is 18.0 Å². The molecule has 20 heavy (non-hydrogen) atoms. The molecular formula is C12H15BrClF3N2O. The highest BCUT2D eigenvalue weighted by molar-refractivity contribution is 9.10. The Bertz CT molecular complexity index is 455. The zero-order valence-corrected chi connectivity index (χ0v) is 13.1. The summed E-state index contributed by atoms with van der Waals surface area (Å²) in [5.74, 6) is -0.304. The number of hydrogen-bond donors (Lipinski definition) is 2. The second-order valence-corrected chi connectivity index (χ2v) is 4.90. The Morgan fingerprint density at radius 3 is 2.50 bits per heavy atom. The number of carbonyl (C=O) groups is 1. The van der Waals surface area contributed by atoms with E-state index in [-0.39, 0.29) is 34.9 Å². The number of benzene rings is 1. The molecule has 0 radical (unpaired) electrons. The molecule has 0 aliphatic carbocycles. The van der Waals surface area contributed by atoms with E-state index < -0.39 is 11.7 Å². The summed E-state index contributed by atoms with van der Waals surface area (Å²) in [7, 11) is 1.77. The van der Waals surface area contributed by atoms with Gasteiger partial charge in [0.15, 0.2) is 0 Å². The number of halogens is 5. The van der Waals surface area contributed by atoms with Crippen LogP contribution in [0.1, 0.15) is 18.4 Å². The first-order valence-corrected chi connectivity index (χ1v) is 6.44. The average Bonchev–Trinajstić information content (AvgIpc) is 2.27. The van der Waals surface area contributed by atoms with Crippen LogP contribution in [0.2, 0.25) is 0 Å². The van der Waals surface area contributed by atoms with E-state index in [0.29, 0.717) is 13.0 Å². The molecule has 0 aliphatic rings. The number of carbonyl (C=O) groups excluding carboxylic acids is 1. The average molecular weight is 376 g/mol. The highest BCUT2D eigenvalue weighted by atomic mass is 79.9. The van der Waals surface area contributed by atoms with Crippen molar-refractivity contribution < 1.29 is 18.0 Å². The van der Waals surface area contributed by atoms with Gasteiger partial charge in [0.25, 0.3) is 0 Å². The lowest BCUT2D eigenvalue weighted by Crippen LogP contribution is -2.15. The summed E-state index contributed by atoms with van der Waals surface area (Å²) in [4.78, 5) is 11.5. The zero-order valence-electron chi connectivity index (χ0n) is 10.7. The number of rotatable bonds is 5. The highest BCUT2D eigenvalue weighted by Crippen LogP contribution is 2.33. The van der Waals surface area contributed by atoms with Gasteiger partial charge in [-0.05, 0) is 38.2 Å². The maximum absolute atomic E-state index is 12.6. The highest BCUT2D eigenvalue weighted by Gasteiger charge is 2.31. The summed E-state index contributed by atoms with van der Waals surface area (Å²) >= 11 is 3.00. The first-order chi connectivity index (χ1) is 8.82. The van der Waals surface area contributed by atoms with E-state index in [4.69, 9.17) is 0 Å². The smallest absolute Gasteiger partial charge is 0.326 e. The molecule has 1 amide bonds. The summed E-state index contributed by atoms with van der Waals surface area (Å²) in [6.45, 7) is 0.680. The van der Waals surface area contributed by atoms with Crippen LogP contribution in [0.25, 0.3) is 0 Å². The Morgan fingerprint density at radius 2 is 1.95 bits per heavy atom. The Morgan fingerprint density at radius 1 is 1.30 bits per heavy atom. The van der Waals surface area contributed by atoms with Crippen molar-refractivity contribution in [3.63, 3.8) is 0 Å². The van der Waals surface area contributed by atoms with Crippen molar-refractivity contribution in [1.29, 1.82) is 0 Å². The van der Waals surface area contributed by atoms with Gasteiger partial charge in [0.1, 0.15) is 0 Å². The molecule has 0 saturated carbocycles. The molecular weight excluding hydrogens is 360 g/mol. The molecule has 0 unspecified atom stereocenters. The third-order valence-electron chi connectivity index (χ3n) is 2.34. The van der Waals surface area contributed by atoms with Crippen LogP contribution < -0.4 is 10.6 Å².